The molecule has 0 aliphatic heterocycles. The van der Waals surface area contributed by atoms with Crippen LogP contribution in [0.1, 0.15) is 33.2 Å². The van der Waals surface area contributed by atoms with Crippen molar-refractivity contribution in [2.75, 3.05) is 0 Å². The Hall–Kier alpha value is -1.41. The number of rotatable bonds is 1. The summed E-state index contributed by atoms with van der Waals surface area (Å²) in [6, 6.07) is 14.3. The van der Waals surface area contributed by atoms with Crippen LogP contribution in [0.4, 0.5) is 0 Å². The number of Topliss-reactive ketones (excluding diaryl/α,β-unsaturated/α-hetero) is 1. The third kappa shape index (κ3) is 1.55. The van der Waals surface area contributed by atoms with Crippen LogP contribution >= 0.6 is 15.9 Å². The Balaban J connectivity index is 2.24. The first-order chi connectivity index (χ1) is 8.18. The number of carbonyl (C=O) groups excluding carboxylic acids is 1. The minimum Gasteiger partial charge on any atom is -0.295 e. The zero-order valence-electron chi connectivity index (χ0n) is 9.41. The van der Waals surface area contributed by atoms with Crippen LogP contribution in [0.15, 0.2) is 42.5 Å². The molecule has 0 N–H and O–H groups in total. The first kappa shape index (κ1) is 10.7. The highest BCUT2D eigenvalue weighted by atomic mass is 79.9. The normalized spacial score (nSPS) is 16.5. The summed E-state index contributed by atoms with van der Waals surface area (Å²) in [6.45, 7) is 1.60. The maximum absolute atomic E-state index is 11.4. The van der Waals surface area contributed by atoms with Crippen molar-refractivity contribution in [3.05, 3.63) is 59.2 Å². The molecule has 2 aromatic carbocycles. The van der Waals surface area contributed by atoms with E-state index in [0.29, 0.717) is 0 Å². The van der Waals surface area contributed by atoms with E-state index in [2.05, 4.69) is 28.1 Å². The number of carbonyl (C=O) groups is 1. The molecule has 1 atom stereocenters. The van der Waals surface area contributed by atoms with Gasteiger partial charge in [0, 0.05) is 5.56 Å². The molecule has 1 aliphatic carbocycles. The molecular weight excluding hydrogens is 276 g/mol. The predicted molar refractivity (Wildman–Crippen MR) is 72.7 cm³/mol. The van der Waals surface area contributed by atoms with Crippen LogP contribution in [-0.4, -0.2) is 5.78 Å². The molecule has 1 unspecified atom stereocenters. The van der Waals surface area contributed by atoms with Crippen molar-refractivity contribution in [2.24, 2.45) is 0 Å². The van der Waals surface area contributed by atoms with Gasteiger partial charge in [0.2, 0.25) is 0 Å². The Kier molecular flexibility index (Phi) is 2.40. The average molecular weight is 287 g/mol. The van der Waals surface area contributed by atoms with Crippen molar-refractivity contribution in [1.82, 2.24) is 0 Å². The Labute approximate surface area is 109 Å². The second-order valence-electron chi connectivity index (χ2n) is 4.31. The first-order valence-corrected chi connectivity index (χ1v) is 6.48. The number of ketones is 1. The summed E-state index contributed by atoms with van der Waals surface area (Å²) in [5.41, 5.74) is 5.75. The van der Waals surface area contributed by atoms with Crippen molar-refractivity contribution in [3.63, 3.8) is 0 Å². The lowest BCUT2D eigenvalue weighted by Crippen LogP contribution is -1.94. The van der Waals surface area contributed by atoms with E-state index < -0.39 is 0 Å². The van der Waals surface area contributed by atoms with Gasteiger partial charge in [-0.3, -0.25) is 4.79 Å². The summed E-state index contributed by atoms with van der Waals surface area (Å²) in [4.78, 5) is 11.6. The van der Waals surface area contributed by atoms with E-state index in [4.69, 9.17) is 0 Å². The summed E-state index contributed by atoms with van der Waals surface area (Å²) in [5, 5.41) is 0. The first-order valence-electron chi connectivity index (χ1n) is 5.57. The Morgan fingerprint density at radius 3 is 2.53 bits per heavy atom. The van der Waals surface area contributed by atoms with Crippen LogP contribution in [0.2, 0.25) is 0 Å². The molecule has 2 aromatic rings. The quantitative estimate of drug-likeness (QED) is 0.563. The van der Waals surface area contributed by atoms with Gasteiger partial charge in [0.25, 0.3) is 0 Å². The molecular formula is C15H11BrO. The van der Waals surface area contributed by atoms with Crippen molar-refractivity contribution in [2.45, 2.75) is 11.8 Å². The maximum Gasteiger partial charge on any atom is 0.159 e. The summed E-state index contributed by atoms with van der Waals surface area (Å²) >= 11 is 3.71. The summed E-state index contributed by atoms with van der Waals surface area (Å²) in [7, 11) is 0. The maximum atomic E-state index is 11.4. The fraction of sp³-hybridized carbons (Fsp3) is 0.133. The molecule has 0 saturated heterocycles. The Morgan fingerprint density at radius 2 is 1.76 bits per heavy atom. The Morgan fingerprint density at radius 1 is 1.06 bits per heavy atom. The van der Waals surface area contributed by atoms with Gasteiger partial charge < -0.3 is 0 Å². The van der Waals surface area contributed by atoms with Gasteiger partial charge >= 0.3 is 0 Å². The molecule has 1 aliphatic rings. The molecule has 2 heteroatoms. The zero-order chi connectivity index (χ0) is 12.0. The zero-order valence-corrected chi connectivity index (χ0v) is 11.0. The summed E-state index contributed by atoms with van der Waals surface area (Å²) in [5.74, 6) is 0.114. The molecule has 0 aromatic heterocycles. The number of hydrogen-bond donors (Lipinski definition) is 0. The van der Waals surface area contributed by atoms with Crippen LogP contribution < -0.4 is 0 Å². The molecule has 0 amide bonds. The molecule has 1 nitrogen and oxygen atoms in total. The van der Waals surface area contributed by atoms with Crippen LogP contribution in [0.25, 0.3) is 11.1 Å². The molecule has 0 spiro atoms. The highest BCUT2D eigenvalue weighted by Gasteiger charge is 2.26. The van der Waals surface area contributed by atoms with Crippen molar-refractivity contribution < 1.29 is 4.79 Å². The number of hydrogen-bond acceptors (Lipinski definition) is 1. The van der Waals surface area contributed by atoms with Gasteiger partial charge in [-0.05, 0) is 35.2 Å². The van der Waals surface area contributed by atoms with Crippen LogP contribution in [0.5, 0.6) is 0 Å². The van der Waals surface area contributed by atoms with Crippen LogP contribution in [0, 0.1) is 0 Å². The lowest BCUT2D eigenvalue weighted by molar-refractivity contribution is 0.101. The largest absolute Gasteiger partial charge is 0.295 e. The molecule has 0 bridgehead atoms. The van der Waals surface area contributed by atoms with Gasteiger partial charge in [-0.2, -0.15) is 0 Å². The summed E-state index contributed by atoms with van der Waals surface area (Å²) < 4.78 is 0. The highest BCUT2D eigenvalue weighted by molar-refractivity contribution is 9.09. The van der Waals surface area contributed by atoms with Gasteiger partial charge in [-0.15, -0.1) is 0 Å². The van der Waals surface area contributed by atoms with Crippen molar-refractivity contribution >= 4 is 21.7 Å². The van der Waals surface area contributed by atoms with Gasteiger partial charge in [-0.1, -0.05) is 52.3 Å². The van der Waals surface area contributed by atoms with Gasteiger partial charge in [-0.25, -0.2) is 0 Å². The fourth-order valence-electron chi connectivity index (χ4n) is 2.37. The lowest BCUT2D eigenvalue weighted by atomic mass is 10.0. The minimum atomic E-state index is 0.114. The molecule has 17 heavy (non-hydrogen) atoms. The van der Waals surface area contributed by atoms with Crippen LogP contribution in [0.3, 0.4) is 0 Å². The minimum absolute atomic E-state index is 0.114. The smallest absolute Gasteiger partial charge is 0.159 e. The molecule has 84 valence electrons. The van der Waals surface area contributed by atoms with Gasteiger partial charge in [0.15, 0.2) is 5.78 Å². The molecule has 0 radical (unpaired) electrons. The van der Waals surface area contributed by atoms with Crippen molar-refractivity contribution in [1.29, 1.82) is 0 Å². The van der Waals surface area contributed by atoms with E-state index in [1.165, 1.54) is 22.3 Å². The van der Waals surface area contributed by atoms with Crippen LogP contribution in [-0.2, 0) is 0 Å². The fourth-order valence-corrected chi connectivity index (χ4v) is 3.15. The monoisotopic (exact) mass is 286 g/mol. The molecule has 0 saturated carbocycles. The van der Waals surface area contributed by atoms with E-state index in [-0.39, 0.29) is 10.6 Å². The second kappa shape index (κ2) is 3.81. The number of benzene rings is 2. The molecule has 3 rings (SSSR count). The topological polar surface area (TPSA) is 17.1 Å². The number of alkyl halides is 1. The SMILES string of the molecule is CC(=O)c1ccc2c(c1)C(Br)c1ccccc1-2. The van der Waals surface area contributed by atoms with Gasteiger partial charge in [0.05, 0.1) is 4.83 Å². The summed E-state index contributed by atoms with van der Waals surface area (Å²) in [6.07, 6.45) is 0. The third-order valence-corrected chi connectivity index (χ3v) is 4.24. The standard InChI is InChI=1S/C15H11BrO/c1-9(17)10-6-7-12-11-4-2-3-5-13(11)15(16)14(12)8-10/h2-8,15H,1H3. The van der Waals surface area contributed by atoms with Crippen molar-refractivity contribution in [3.8, 4) is 11.1 Å². The van der Waals surface area contributed by atoms with E-state index in [1.807, 2.05) is 30.3 Å². The van der Waals surface area contributed by atoms with E-state index in [1.54, 1.807) is 6.92 Å². The molecule has 0 fully saturated rings. The average Bonchev–Trinajstić information content (AvgIpc) is 2.64. The molecule has 0 heterocycles. The number of halogens is 1. The highest BCUT2D eigenvalue weighted by Crippen LogP contribution is 2.47. The lowest BCUT2D eigenvalue weighted by Gasteiger charge is -2.05. The van der Waals surface area contributed by atoms with Gasteiger partial charge in [0.1, 0.15) is 0 Å². The second-order valence-corrected chi connectivity index (χ2v) is 5.22. The Bertz CT molecular complexity index is 616. The van der Waals surface area contributed by atoms with E-state index >= 15 is 0 Å². The number of fused-ring (bicyclic) bond motifs is 3. The van der Waals surface area contributed by atoms with E-state index in [0.717, 1.165) is 5.56 Å². The van der Waals surface area contributed by atoms with E-state index in [9.17, 15) is 4.79 Å². The predicted octanol–water partition coefficient (Wildman–Crippen LogP) is 4.35. The third-order valence-electron chi connectivity index (χ3n) is 3.26.